The van der Waals surface area contributed by atoms with Gasteiger partial charge < -0.3 is 9.80 Å². The molecule has 2 heterocycles. The Labute approximate surface area is 121 Å². The Morgan fingerprint density at radius 3 is 2.55 bits per heavy atom. The molecule has 0 unspecified atom stereocenters. The number of rotatable bonds is 3. The van der Waals surface area contributed by atoms with E-state index in [0.717, 1.165) is 32.5 Å². The van der Waals surface area contributed by atoms with E-state index in [1.807, 2.05) is 34.6 Å². The maximum atomic E-state index is 12.5. The number of hydrogen-bond acceptors (Lipinski definition) is 2. The lowest BCUT2D eigenvalue weighted by Crippen LogP contribution is -2.48. The van der Waals surface area contributed by atoms with E-state index < -0.39 is 0 Å². The molecule has 0 aromatic carbocycles. The average Bonchev–Trinajstić information content (AvgIpc) is 2.85. The van der Waals surface area contributed by atoms with Crippen LogP contribution in [0.5, 0.6) is 0 Å². The Balaban J connectivity index is 1.94. The van der Waals surface area contributed by atoms with E-state index in [-0.39, 0.29) is 12.1 Å². The van der Waals surface area contributed by atoms with Crippen molar-refractivity contribution in [3.05, 3.63) is 18.0 Å². The lowest BCUT2D eigenvalue weighted by Gasteiger charge is -2.37. The third-order valence-corrected chi connectivity index (χ3v) is 4.25. The minimum Gasteiger partial charge on any atom is -0.325 e. The SMILES string of the molecule is CCN(C(=O)N1CCC(c2ccnn2C)CC1)C(C)C. The number of aromatic nitrogens is 2. The van der Waals surface area contributed by atoms with Crippen LogP contribution in [0.3, 0.4) is 0 Å². The van der Waals surface area contributed by atoms with Crippen LogP contribution in [0.1, 0.15) is 45.2 Å². The van der Waals surface area contributed by atoms with Crippen LogP contribution in [0.2, 0.25) is 0 Å². The van der Waals surface area contributed by atoms with Gasteiger partial charge in [0.2, 0.25) is 0 Å². The van der Waals surface area contributed by atoms with Gasteiger partial charge in [0.25, 0.3) is 0 Å². The standard InChI is InChI=1S/C15H26N4O/c1-5-19(12(2)3)15(20)18-10-7-13(8-11-18)14-6-9-16-17(14)4/h6,9,12-13H,5,7-8,10-11H2,1-4H3. The summed E-state index contributed by atoms with van der Waals surface area (Å²) < 4.78 is 1.95. The number of carbonyl (C=O) groups is 1. The summed E-state index contributed by atoms with van der Waals surface area (Å²) in [5, 5.41) is 4.24. The first-order valence-corrected chi connectivity index (χ1v) is 7.58. The Morgan fingerprint density at radius 2 is 2.10 bits per heavy atom. The molecule has 20 heavy (non-hydrogen) atoms. The summed E-state index contributed by atoms with van der Waals surface area (Å²) in [6.07, 6.45) is 3.91. The van der Waals surface area contributed by atoms with Gasteiger partial charge in [0.15, 0.2) is 0 Å². The summed E-state index contributed by atoms with van der Waals surface area (Å²) >= 11 is 0. The molecule has 1 aliphatic heterocycles. The molecule has 1 saturated heterocycles. The van der Waals surface area contributed by atoms with Gasteiger partial charge in [0.1, 0.15) is 0 Å². The van der Waals surface area contributed by atoms with E-state index in [9.17, 15) is 4.79 Å². The molecule has 5 nitrogen and oxygen atoms in total. The van der Waals surface area contributed by atoms with Crippen molar-refractivity contribution in [2.45, 2.75) is 45.6 Å². The van der Waals surface area contributed by atoms with Gasteiger partial charge in [-0.05, 0) is 39.7 Å². The van der Waals surface area contributed by atoms with Crippen LogP contribution in [0.4, 0.5) is 4.79 Å². The molecule has 0 saturated carbocycles. The molecule has 5 heteroatoms. The number of hydrogen-bond donors (Lipinski definition) is 0. The molecule has 0 radical (unpaired) electrons. The maximum absolute atomic E-state index is 12.5. The van der Waals surface area contributed by atoms with Crippen LogP contribution in [-0.4, -0.2) is 51.3 Å². The van der Waals surface area contributed by atoms with Gasteiger partial charge >= 0.3 is 6.03 Å². The molecule has 1 aliphatic rings. The smallest absolute Gasteiger partial charge is 0.320 e. The second kappa shape index (κ2) is 6.29. The van der Waals surface area contributed by atoms with Crippen LogP contribution < -0.4 is 0 Å². The van der Waals surface area contributed by atoms with Crippen LogP contribution in [0.15, 0.2) is 12.3 Å². The van der Waals surface area contributed by atoms with Crippen molar-refractivity contribution in [2.75, 3.05) is 19.6 Å². The molecular weight excluding hydrogens is 252 g/mol. The zero-order valence-corrected chi connectivity index (χ0v) is 13.0. The summed E-state index contributed by atoms with van der Waals surface area (Å²) in [6.45, 7) is 8.65. The number of likely N-dealkylation sites (tertiary alicyclic amines) is 1. The van der Waals surface area contributed by atoms with Gasteiger partial charge in [0, 0.05) is 50.5 Å². The number of nitrogens with zero attached hydrogens (tertiary/aromatic N) is 4. The van der Waals surface area contributed by atoms with Crippen molar-refractivity contribution in [1.29, 1.82) is 0 Å². The molecule has 1 aromatic heterocycles. The molecule has 0 aliphatic carbocycles. The highest BCUT2D eigenvalue weighted by atomic mass is 16.2. The van der Waals surface area contributed by atoms with Gasteiger partial charge in [-0.2, -0.15) is 5.10 Å². The quantitative estimate of drug-likeness (QED) is 0.852. The van der Waals surface area contributed by atoms with Crippen LogP contribution in [-0.2, 0) is 7.05 Å². The zero-order valence-electron chi connectivity index (χ0n) is 13.0. The van der Waals surface area contributed by atoms with Crippen molar-refractivity contribution in [3.8, 4) is 0 Å². The maximum Gasteiger partial charge on any atom is 0.320 e. The number of amides is 2. The minimum atomic E-state index is 0.186. The number of piperidine rings is 1. The number of urea groups is 1. The van der Waals surface area contributed by atoms with Crippen molar-refractivity contribution >= 4 is 6.03 Å². The van der Waals surface area contributed by atoms with Gasteiger partial charge in [-0.1, -0.05) is 0 Å². The fourth-order valence-electron chi connectivity index (χ4n) is 3.05. The third-order valence-electron chi connectivity index (χ3n) is 4.25. The number of carbonyl (C=O) groups excluding carboxylic acids is 1. The third kappa shape index (κ3) is 2.97. The van der Waals surface area contributed by atoms with Crippen molar-refractivity contribution < 1.29 is 4.79 Å². The second-order valence-corrected chi connectivity index (χ2v) is 5.80. The lowest BCUT2D eigenvalue weighted by atomic mass is 9.93. The Bertz CT molecular complexity index is 446. The average molecular weight is 278 g/mol. The molecule has 2 amide bonds. The topological polar surface area (TPSA) is 41.4 Å². The fourth-order valence-corrected chi connectivity index (χ4v) is 3.05. The van der Waals surface area contributed by atoms with Crippen molar-refractivity contribution in [2.24, 2.45) is 7.05 Å². The molecule has 0 spiro atoms. The largest absolute Gasteiger partial charge is 0.325 e. The van der Waals surface area contributed by atoms with E-state index in [0.29, 0.717) is 5.92 Å². The summed E-state index contributed by atoms with van der Waals surface area (Å²) in [4.78, 5) is 16.4. The normalized spacial score (nSPS) is 16.8. The molecule has 112 valence electrons. The van der Waals surface area contributed by atoms with E-state index in [1.165, 1.54) is 5.69 Å². The van der Waals surface area contributed by atoms with E-state index in [2.05, 4.69) is 25.0 Å². The first kappa shape index (κ1) is 14.9. The highest BCUT2D eigenvalue weighted by molar-refractivity contribution is 5.74. The van der Waals surface area contributed by atoms with Crippen LogP contribution in [0.25, 0.3) is 0 Å². The van der Waals surface area contributed by atoms with E-state index in [4.69, 9.17) is 0 Å². The summed E-state index contributed by atoms with van der Waals surface area (Å²) in [7, 11) is 1.99. The van der Waals surface area contributed by atoms with Crippen molar-refractivity contribution in [1.82, 2.24) is 19.6 Å². The molecule has 2 rings (SSSR count). The first-order chi connectivity index (χ1) is 9.54. The molecule has 1 aromatic rings. The predicted octanol–water partition coefficient (Wildman–Crippen LogP) is 2.45. The predicted molar refractivity (Wildman–Crippen MR) is 79.7 cm³/mol. The summed E-state index contributed by atoms with van der Waals surface area (Å²) in [5.74, 6) is 0.528. The minimum absolute atomic E-state index is 0.186. The van der Waals surface area contributed by atoms with Gasteiger partial charge in [-0.15, -0.1) is 0 Å². The number of aryl methyl sites for hydroxylation is 1. The zero-order chi connectivity index (χ0) is 14.7. The van der Waals surface area contributed by atoms with Gasteiger partial charge in [0.05, 0.1) is 0 Å². The molecular formula is C15H26N4O. The van der Waals surface area contributed by atoms with E-state index >= 15 is 0 Å². The lowest BCUT2D eigenvalue weighted by molar-refractivity contribution is 0.130. The molecule has 0 bridgehead atoms. The second-order valence-electron chi connectivity index (χ2n) is 5.80. The molecule has 0 N–H and O–H groups in total. The first-order valence-electron chi connectivity index (χ1n) is 7.58. The Kier molecular flexibility index (Phi) is 4.68. The highest BCUT2D eigenvalue weighted by Gasteiger charge is 2.28. The summed E-state index contributed by atoms with van der Waals surface area (Å²) in [6, 6.07) is 2.54. The van der Waals surface area contributed by atoms with Crippen LogP contribution >= 0.6 is 0 Å². The van der Waals surface area contributed by atoms with Crippen molar-refractivity contribution in [3.63, 3.8) is 0 Å². The fraction of sp³-hybridized carbons (Fsp3) is 0.733. The monoisotopic (exact) mass is 278 g/mol. The Hall–Kier alpha value is -1.52. The van der Waals surface area contributed by atoms with Crippen LogP contribution in [0, 0.1) is 0 Å². The molecule has 1 fully saturated rings. The Morgan fingerprint density at radius 1 is 1.45 bits per heavy atom. The summed E-state index contributed by atoms with van der Waals surface area (Å²) in [5.41, 5.74) is 1.29. The highest BCUT2D eigenvalue weighted by Crippen LogP contribution is 2.27. The van der Waals surface area contributed by atoms with Gasteiger partial charge in [-0.3, -0.25) is 4.68 Å². The van der Waals surface area contributed by atoms with E-state index in [1.54, 1.807) is 0 Å². The molecule has 0 atom stereocenters. The van der Waals surface area contributed by atoms with Gasteiger partial charge in [-0.25, -0.2) is 4.79 Å².